The highest BCUT2D eigenvalue weighted by molar-refractivity contribution is 5.91. The normalized spacial score (nSPS) is 10.6. The molecule has 0 aliphatic rings. The van der Waals surface area contributed by atoms with Gasteiger partial charge in [-0.1, -0.05) is 32.0 Å². The average Bonchev–Trinajstić information content (AvgIpc) is 2.45. The van der Waals surface area contributed by atoms with Crippen LogP contribution in [0.1, 0.15) is 36.5 Å². The largest absolute Gasteiger partial charge is 0.484 e. The molecular formula is C19H23NO2. The molecule has 0 atom stereocenters. The van der Waals surface area contributed by atoms with E-state index in [9.17, 15) is 4.79 Å². The highest BCUT2D eigenvalue weighted by Crippen LogP contribution is 2.23. The Labute approximate surface area is 132 Å². The van der Waals surface area contributed by atoms with Gasteiger partial charge in [0, 0.05) is 5.69 Å². The summed E-state index contributed by atoms with van der Waals surface area (Å²) in [7, 11) is 0. The highest BCUT2D eigenvalue weighted by Gasteiger charge is 2.07. The van der Waals surface area contributed by atoms with Crippen LogP contribution in [0.3, 0.4) is 0 Å². The fourth-order valence-corrected chi connectivity index (χ4v) is 2.45. The summed E-state index contributed by atoms with van der Waals surface area (Å²) in [5, 5.41) is 2.83. The van der Waals surface area contributed by atoms with Crippen molar-refractivity contribution in [3.05, 3.63) is 59.2 Å². The first-order valence-corrected chi connectivity index (χ1v) is 7.55. The van der Waals surface area contributed by atoms with Crippen LogP contribution in [0.25, 0.3) is 0 Å². The summed E-state index contributed by atoms with van der Waals surface area (Å²) in [6, 6.07) is 13.7. The molecule has 3 heteroatoms. The van der Waals surface area contributed by atoms with Crippen molar-refractivity contribution in [2.45, 2.75) is 33.6 Å². The number of rotatable bonds is 5. The Morgan fingerprint density at radius 2 is 1.91 bits per heavy atom. The number of hydrogen-bond donors (Lipinski definition) is 1. The van der Waals surface area contributed by atoms with Gasteiger partial charge in [0.2, 0.25) is 0 Å². The Balaban J connectivity index is 1.92. The van der Waals surface area contributed by atoms with E-state index < -0.39 is 0 Å². The van der Waals surface area contributed by atoms with Gasteiger partial charge in [0.15, 0.2) is 6.61 Å². The van der Waals surface area contributed by atoms with Gasteiger partial charge in [0.25, 0.3) is 5.91 Å². The van der Waals surface area contributed by atoms with Gasteiger partial charge >= 0.3 is 0 Å². The molecular weight excluding hydrogens is 274 g/mol. The molecule has 0 saturated carbocycles. The Morgan fingerprint density at radius 1 is 1.14 bits per heavy atom. The van der Waals surface area contributed by atoms with Crippen molar-refractivity contribution in [2.24, 2.45) is 0 Å². The third-order valence-corrected chi connectivity index (χ3v) is 3.54. The lowest BCUT2D eigenvalue weighted by atomic mass is 9.98. The minimum Gasteiger partial charge on any atom is -0.484 e. The second-order valence-corrected chi connectivity index (χ2v) is 5.88. The van der Waals surface area contributed by atoms with Gasteiger partial charge in [-0.15, -0.1) is 0 Å². The Hall–Kier alpha value is -2.29. The van der Waals surface area contributed by atoms with Gasteiger partial charge in [-0.2, -0.15) is 0 Å². The maximum absolute atomic E-state index is 11.9. The predicted molar refractivity (Wildman–Crippen MR) is 90.6 cm³/mol. The van der Waals surface area contributed by atoms with Crippen LogP contribution in [0.15, 0.2) is 42.5 Å². The number of nitrogens with one attached hydrogen (secondary N) is 1. The quantitative estimate of drug-likeness (QED) is 0.885. The van der Waals surface area contributed by atoms with Crippen molar-refractivity contribution < 1.29 is 9.53 Å². The number of amides is 1. The van der Waals surface area contributed by atoms with Crippen molar-refractivity contribution in [1.82, 2.24) is 0 Å². The standard InChI is InChI=1S/C19H23NO2/c1-13(2)18-9-8-17(11-15(18)4)22-12-19(21)20-16-7-5-6-14(3)10-16/h5-11,13H,12H2,1-4H3,(H,20,21). The lowest BCUT2D eigenvalue weighted by molar-refractivity contribution is -0.118. The van der Waals surface area contributed by atoms with E-state index in [1.165, 1.54) is 11.1 Å². The van der Waals surface area contributed by atoms with Crippen LogP contribution in [0, 0.1) is 13.8 Å². The molecule has 0 radical (unpaired) electrons. The van der Waals surface area contributed by atoms with Gasteiger partial charge in [-0.05, 0) is 60.7 Å². The molecule has 0 bridgehead atoms. The zero-order chi connectivity index (χ0) is 16.1. The molecule has 1 N–H and O–H groups in total. The second-order valence-electron chi connectivity index (χ2n) is 5.88. The molecule has 0 spiro atoms. The number of aryl methyl sites for hydroxylation is 2. The molecule has 0 saturated heterocycles. The number of benzene rings is 2. The molecule has 3 nitrogen and oxygen atoms in total. The van der Waals surface area contributed by atoms with E-state index in [4.69, 9.17) is 4.74 Å². The maximum atomic E-state index is 11.9. The summed E-state index contributed by atoms with van der Waals surface area (Å²) < 4.78 is 5.57. The van der Waals surface area contributed by atoms with E-state index in [0.717, 1.165) is 17.0 Å². The first-order valence-electron chi connectivity index (χ1n) is 7.55. The summed E-state index contributed by atoms with van der Waals surface area (Å²) >= 11 is 0. The van der Waals surface area contributed by atoms with E-state index in [2.05, 4.69) is 32.2 Å². The SMILES string of the molecule is Cc1cccc(NC(=O)COc2ccc(C(C)C)c(C)c2)c1. The van der Waals surface area contributed by atoms with Gasteiger partial charge in [-0.25, -0.2) is 0 Å². The van der Waals surface area contributed by atoms with Crippen molar-refractivity contribution in [1.29, 1.82) is 0 Å². The van der Waals surface area contributed by atoms with Crippen LogP contribution in [0.5, 0.6) is 5.75 Å². The minimum atomic E-state index is -0.156. The fraction of sp³-hybridized carbons (Fsp3) is 0.316. The average molecular weight is 297 g/mol. The van der Waals surface area contributed by atoms with E-state index in [0.29, 0.717) is 5.92 Å². The Morgan fingerprint density at radius 3 is 2.55 bits per heavy atom. The first kappa shape index (κ1) is 16.1. The fourth-order valence-electron chi connectivity index (χ4n) is 2.45. The third-order valence-electron chi connectivity index (χ3n) is 3.54. The number of hydrogen-bond acceptors (Lipinski definition) is 2. The Kier molecular flexibility index (Phi) is 5.21. The smallest absolute Gasteiger partial charge is 0.262 e. The monoisotopic (exact) mass is 297 g/mol. The highest BCUT2D eigenvalue weighted by atomic mass is 16.5. The molecule has 116 valence electrons. The maximum Gasteiger partial charge on any atom is 0.262 e. The van der Waals surface area contributed by atoms with E-state index in [1.54, 1.807) is 0 Å². The second kappa shape index (κ2) is 7.12. The number of ether oxygens (including phenoxy) is 1. The molecule has 0 aliphatic carbocycles. The van der Waals surface area contributed by atoms with Crippen LogP contribution in [0.4, 0.5) is 5.69 Å². The first-order chi connectivity index (χ1) is 10.5. The van der Waals surface area contributed by atoms with Crippen molar-refractivity contribution >= 4 is 11.6 Å². The van der Waals surface area contributed by atoms with Crippen LogP contribution < -0.4 is 10.1 Å². The molecule has 0 heterocycles. The summed E-state index contributed by atoms with van der Waals surface area (Å²) in [5.74, 6) is 1.05. The zero-order valence-corrected chi connectivity index (χ0v) is 13.6. The number of carbonyl (C=O) groups excluding carboxylic acids is 1. The topological polar surface area (TPSA) is 38.3 Å². The summed E-state index contributed by atoms with van der Waals surface area (Å²) in [6.07, 6.45) is 0. The number of anilines is 1. The van der Waals surface area contributed by atoms with E-state index in [1.807, 2.05) is 43.3 Å². The molecule has 2 rings (SSSR count). The van der Waals surface area contributed by atoms with E-state index in [-0.39, 0.29) is 12.5 Å². The molecule has 0 aliphatic heterocycles. The van der Waals surface area contributed by atoms with Crippen LogP contribution in [0.2, 0.25) is 0 Å². The van der Waals surface area contributed by atoms with Gasteiger partial charge < -0.3 is 10.1 Å². The Bertz CT molecular complexity index is 662. The van der Waals surface area contributed by atoms with Crippen molar-refractivity contribution in [3.63, 3.8) is 0 Å². The molecule has 2 aromatic carbocycles. The summed E-state index contributed by atoms with van der Waals surface area (Å²) in [6.45, 7) is 8.39. The number of carbonyl (C=O) groups is 1. The van der Waals surface area contributed by atoms with Crippen molar-refractivity contribution in [3.8, 4) is 5.75 Å². The third kappa shape index (κ3) is 4.35. The molecule has 1 amide bonds. The predicted octanol–water partition coefficient (Wildman–Crippen LogP) is 4.44. The zero-order valence-electron chi connectivity index (χ0n) is 13.6. The van der Waals surface area contributed by atoms with Gasteiger partial charge in [-0.3, -0.25) is 4.79 Å². The minimum absolute atomic E-state index is 0.00834. The molecule has 22 heavy (non-hydrogen) atoms. The molecule has 2 aromatic rings. The van der Waals surface area contributed by atoms with Gasteiger partial charge in [0.1, 0.15) is 5.75 Å². The van der Waals surface area contributed by atoms with E-state index >= 15 is 0 Å². The molecule has 0 fully saturated rings. The van der Waals surface area contributed by atoms with Crippen LogP contribution in [-0.2, 0) is 4.79 Å². The van der Waals surface area contributed by atoms with Crippen LogP contribution >= 0.6 is 0 Å². The van der Waals surface area contributed by atoms with Crippen LogP contribution in [-0.4, -0.2) is 12.5 Å². The van der Waals surface area contributed by atoms with Crippen molar-refractivity contribution in [2.75, 3.05) is 11.9 Å². The lowest BCUT2D eigenvalue weighted by Gasteiger charge is -2.12. The summed E-state index contributed by atoms with van der Waals surface area (Å²) in [4.78, 5) is 11.9. The summed E-state index contributed by atoms with van der Waals surface area (Å²) in [5.41, 5.74) is 4.39. The molecule has 0 aromatic heterocycles. The molecule has 0 unspecified atom stereocenters. The lowest BCUT2D eigenvalue weighted by Crippen LogP contribution is -2.20. The van der Waals surface area contributed by atoms with Gasteiger partial charge in [0.05, 0.1) is 0 Å².